The Kier molecular flexibility index (Phi) is 5.51. The van der Waals surface area contributed by atoms with Crippen LogP contribution in [0.4, 0.5) is 15.8 Å². The quantitative estimate of drug-likeness (QED) is 0.291. The Balaban J connectivity index is 1.55. The number of amides is 1. The van der Waals surface area contributed by atoms with Crippen molar-refractivity contribution < 1.29 is 18.5 Å². The number of nitro groups is 1. The second kappa shape index (κ2) is 8.25. The topological polar surface area (TPSA) is 97.7 Å². The first kappa shape index (κ1) is 20.0. The van der Waals surface area contributed by atoms with Gasteiger partial charge in [0.05, 0.1) is 15.5 Å². The maximum absolute atomic E-state index is 13.0. The van der Waals surface area contributed by atoms with Crippen LogP contribution in [0.15, 0.2) is 73.4 Å². The summed E-state index contributed by atoms with van der Waals surface area (Å²) < 4.78 is 19.3. The smallest absolute Gasteiger partial charge is 0.270 e. The van der Waals surface area contributed by atoms with Crippen LogP contribution in [0.25, 0.3) is 17.4 Å². The Morgan fingerprint density at radius 1 is 1.17 bits per heavy atom. The molecule has 2 heterocycles. The lowest BCUT2D eigenvalue weighted by Crippen LogP contribution is -2.19. The van der Waals surface area contributed by atoms with E-state index in [4.69, 9.17) is 4.42 Å². The zero-order valence-corrected chi connectivity index (χ0v) is 17.4. The van der Waals surface area contributed by atoms with Gasteiger partial charge in [0.1, 0.15) is 17.3 Å². The van der Waals surface area contributed by atoms with Gasteiger partial charge in [0.25, 0.3) is 11.6 Å². The highest BCUT2D eigenvalue weighted by molar-refractivity contribution is 9.10. The van der Waals surface area contributed by atoms with Crippen molar-refractivity contribution in [1.29, 1.82) is 0 Å². The molecule has 1 aromatic heterocycles. The molecular formula is C20H11BrFN3O4S. The van der Waals surface area contributed by atoms with E-state index < -0.39 is 4.92 Å². The predicted molar refractivity (Wildman–Crippen MR) is 116 cm³/mol. The van der Waals surface area contributed by atoms with Crippen molar-refractivity contribution in [2.24, 2.45) is 4.99 Å². The van der Waals surface area contributed by atoms with E-state index in [-0.39, 0.29) is 17.4 Å². The molecule has 4 rings (SSSR count). The number of non-ortho nitro benzene ring substituents is 1. The number of hydrogen-bond donors (Lipinski definition) is 1. The highest BCUT2D eigenvalue weighted by atomic mass is 79.9. The third-order valence-corrected chi connectivity index (χ3v) is 5.60. The van der Waals surface area contributed by atoms with E-state index in [0.29, 0.717) is 37.3 Å². The normalized spacial score (nSPS) is 16.3. The average Bonchev–Trinajstić information content (AvgIpc) is 3.30. The van der Waals surface area contributed by atoms with Gasteiger partial charge in [-0.3, -0.25) is 14.9 Å². The van der Waals surface area contributed by atoms with Crippen LogP contribution in [0.3, 0.4) is 0 Å². The minimum Gasteiger partial charge on any atom is -0.457 e. The van der Waals surface area contributed by atoms with Crippen molar-refractivity contribution in [2.45, 2.75) is 0 Å². The molecule has 0 atom stereocenters. The zero-order valence-electron chi connectivity index (χ0n) is 15.0. The number of hydrogen-bond acceptors (Lipinski definition) is 6. The fraction of sp³-hybridized carbons (Fsp3) is 0. The van der Waals surface area contributed by atoms with Gasteiger partial charge in [0.15, 0.2) is 5.17 Å². The average molecular weight is 488 g/mol. The Morgan fingerprint density at radius 3 is 2.63 bits per heavy atom. The molecule has 10 heteroatoms. The van der Waals surface area contributed by atoms with Crippen LogP contribution >= 0.6 is 27.7 Å². The van der Waals surface area contributed by atoms with Gasteiger partial charge in [-0.05, 0) is 70.2 Å². The Bertz CT molecular complexity index is 1220. The molecule has 30 heavy (non-hydrogen) atoms. The first-order valence-electron chi connectivity index (χ1n) is 8.48. The molecule has 150 valence electrons. The molecule has 1 aliphatic rings. The lowest BCUT2D eigenvalue weighted by Gasteiger charge is -2.00. The highest BCUT2D eigenvalue weighted by Crippen LogP contribution is 2.34. The number of thioether (sulfide) groups is 1. The summed E-state index contributed by atoms with van der Waals surface area (Å²) in [7, 11) is 0. The fourth-order valence-corrected chi connectivity index (χ4v) is 4.02. The largest absolute Gasteiger partial charge is 0.457 e. The van der Waals surface area contributed by atoms with Crippen molar-refractivity contribution in [2.75, 3.05) is 0 Å². The van der Waals surface area contributed by atoms with Crippen LogP contribution in [0.1, 0.15) is 5.76 Å². The molecular weight excluding hydrogens is 477 g/mol. The van der Waals surface area contributed by atoms with Gasteiger partial charge in [0.2, 0.25) is 0 Å². The molecule has 3 aromatic rings. The van der Waals surface area contributed by atoms with Gasteiger partial charge < -0.3 is 9.73 Å². The number of halogens is 2. The number of amidine groups is 1. The molecule has 0 bridgehead atoms. The SMILES string of the molecule is O=C1NC(=Nc2ccc(F)cc2)S/C1=C/c1ccc(-c2ccc([N+](=O)[O-])cc2Br)o1. The van der Waals surface area contributed by atoms with Gasteiger partial charge in [-0.2, -0.15) is 0 Å². The maximum Gasteiger partial charge on any atom is 0.270 e. The Morgan fingerprint density at radius 2 is 1.93 bits per heavy atom. The second-order valence-electron chi connectivity index (χ2n) is 6.08. The first-order valence-corrected chi connectivity index (χ1v) is 10.1. The lowest BCUT2D eigenvalue weighted by molar-refractivity contribution is -0.384. The molecule has 1 amide bonds. The number of nitro benzene ring substituents is 1. The summed E-state index contributed by atoms with van der Waals surface area (Å²) in [5, 5.41) is 13.9. The van der Waals surface area contributed by atoms with Crippen molar-refractivity contribution in [1.82, 2.24) is 5.32 Å². The molecule has 0 unspecified atom stereocenters. The molecule has 0 radical (unpaired) electrons. The monoisotopic (exact) mass is 487 g/mol. The van der Waals surface area contributed by atoms with Gasteiger partial charge in [-0.15, -0.1) is 0 Å². The summed E-state index contributed by atoms with van der Waals surface area (Å²) in [6.45, 7) is 0. The van der Waals surface area contributed by atoms with Crippen LogP contribution in [0.2, 0.25) is 0 Å². The summed E-state index contributed by atoms with van der Waals surface area (Å²) in [5.74, 6) is 0.245. The van der Waals surface area contributed by atoms with Crippen LogP contribution in [0, 0.1) is 15.9 Å². The first-order chi connectivity index (χ1) is 14.4. The molecule has 1 fully saturated rings. The van der Waals surface area contributed by atoms with Gasteiger partial charge in [-0.25, -0.2) is 9.38 Å². The van der Waals surface area contributed by atoms with E-state index in [9.17, 15) is 19.3 Å². The van der Waals surface area contributed by atoms with Crippen LogP contribution in [0.5, 0.6) is 0 Å². The molecule has 0 spiro atoms. The van der Waals surface area contributed by atoms with Crippen LogP contribution in [-0.2, 0) is 4.79 Å². The van der Waals surface area contributed by atoms with Gasteiger partial charge >= 0.3 is 0 Å². The van der Waals surface area contributed by atoms with E-state index in [2.05, 4.69) is 26.2 Å². The number of carbonyl (C=O) groups is 1. The molecule has 0 saturated carbocycles. The maximum atomic E-state index is 13.0. The van der Waals surface area contributed by atoms with E-state index >= 15 is 0 Å². The van der Waals surface area contributed by atoms with E-state index in [0.717, 1.165) is 11.8 Å². The Hall–Kier alpha value is -3.24. The summed E-state index contributed by atoms with van der Waals surface area (Å²) >= 11 is 4.45. The van der Waals surface area contributed by atoms with E-state index in [1.165, 1.54) is 36.4 Å². The molecule has 1 saturated heterocycles. The molecule has 1 N–H and O–H groups in total. The number of nitrogens with zero attached hydrogens (tertiary/aromatic N) is 2. The van der Waals surface area contributed by atoms with Crippen molar-refractivity contribution in [3.8, 4) is 11.3 Å². The number of rotatable bonds is 4. The molecule has 2 aromatic carbocycles. The summed E-state index contributed by atoms with van der Waals surface area (Å²) in [6, 6.07) is 13.4. The molecule has 0 aliphatic carbocycles. The van der Waals surface area contributed by atoms with Gasteiger partial charge in [0, 0.05) is 28.2 Å². The minimum atomic E-state index is -0.479. The summed E-state index contributed by atoms with van der Waals surface area (Å²) in [4.78, 5) is 27.3. The highest BCUT2D eigenvalue weighted by Gasteiger charge is 2.24. The predicted octanol–water partition coefficient (Wildman–Crippen LogP) is 5.65. The van der Waals surface area contributed by atoms with E-state index in [1.807, 2.05) is 0 Å². The number of aliphatic imine (C=N–C) groups is 1. The van der Waals surface area contributed by atoms with Crippen LogP contribution < -0.4 is 5.32 Å². The summed E-state index contributed by atoms with van der Waals surface area (Å²) in [6.07, 6.45) is 1.58. The molecule has 1 aliphatic heterocycles. The fourth-order valence-electron chi connectivity index (χ4n) is 2.64. The minimum absolute atomic E-state index is 0.0356. The summed E-state index contributed by atoms with van der Waals surface area (Å²) in [5.41, 5.74) is 1.13. The zero-order chi connectivity index (χ0) is 21.3. The molecule has 7 nitrogen and oxygen atoms in total. The number of benzene rings is 2. The number of furan rings is 1. The Labute approximate surface area is 182 Å². The number of nitrogens with one attached hydrogen (secondary N) is 1. The van der Waals surface area contributed by atoms with Gasteiger partial charge in [-0.1, -0.05) is 0 Å². The lowest BCUT2D eigenvalue weighted by atomic mass is 10.1. The van der Waals surface area contributed by atoms with Crippen molar-refractivity contribution in [3.63, 3.8) is 0 Å². The van der Waals surface area contributed by atoms with Crippen molar-refractivity contribution in [3.05, 3.63) is 85.7 Å². The van der Waals surface area contributed by atoms with E-state index in [1.54, 1.807) is 24.3 Å². The third-order valence-electron chi connectivity index (χ3n) is 4.04. The third kappa shape index (κ3) is 4.34. The van der Waals surface area contributed by atoms with Crippen molar-refractivity contribution >= 4 is 56.2 Å². The number of carbonyl (C=O) groups excluding carboxylic acids is 1. The van der Waals surface area contributed by atoms with Crippen LogP contribution in [-0.4, -0.2) is 16.0 Å². The standard InChI is InChI=1S/C20H11BrFN3O4S/c21-16-9-13(25(27)28)5-7-15(16)17-8-6-14(29-17)10-18-19(26)24-20(30-18)23-12-3-1-11(22)2-4-12/h1-10H,(H,23,24,26)/b18-10+. The second-order valence-corrected chi connectivity index (χ2v) is 7.97.